The minimum atomic E-state index is -0.579. The molecule has 0 fully saturated rings. The summed E-state index contributed by atoms with van der Waals surface area (Å²) >= 11 is 0. The number of pyridine rings is 1. The molecule has 0 saturated heterocycles. The molecule has 0 aliphatic carbocycles. The Balaban J connectivity index is 1.41. The van der Waals surface area contributed by atoms with Gasteiger partial charge >= 0.3 is 5.97 Å². The van der Waals surface area contributed by atoms with Crippen LogP contribution < -0.4 is 10.1 Å². The standard InChI is InChI=1S/C24H26N2O4/c1-24(2,3)18-9-11-19(12-10-18)29-15-14-25-21(27)16-30-23(28)20-8-4-6-17-7-5-13-26-22(17)20/h4-13H,14-16H2,1-3H3,(H,25,27). The van der Waals surface area contributed by atoms with Crippen LogP contribution in [-0.2, 0) is 14.9 Å². The van der Waals surface area contributed by atoms with Crippen molar-refractivity contribution in [3.05, 3.63) is 71.9 Å². The van der Waals surface area contributed by atoms with E-state index in [2.05, 4.69) is 31.1 Å². The van der Waals surface area contributed by atoms with E-state index in [1.165, 1.54) is 5.56 Å². The van der Waals surface area contributed by atoms with Crippen LogP contribution in [0.4, 0.5) is 0 Å². The van der Waals surface area contributed by atoms with Crippen molar-refractivity contribution in [2.45, 2.75) is 26.2 Å². The van der Waals surface area contributed by atoms with Gasteiger partial charge in [-0.05, 0) is 35.2 Å². The van der Waals surface area contributed by atoms with Gasteiger partial charge in [-0.3, -0.25) is 9.78 Å². The molecule has 2 aromatic carbocycles. The van der Waals surface area contributed by atoms with Gasteiger partial charge in [0, 0.05) is 11.6 Å². The second kappa shape index (κ2) is 9.39. The number of carbonyl (C=O) groups excluding carboxylic acids is 2. The number of esters is 1. The Morgan fingerprint density at radius 1 is 1.00 bits per heavy atom. The molecular formula is C24H26N2O4. The molecule has 0 radical (unpaired) electrons. The largest absolute Gasteiger partial charge is 0.492 e. The Labute approximate surface area is 176 Å². The maximum atomic E-state index is 12.3. The van der Waals surface area contributed by atoms with Gasteiger partial charge in [0.15, 0.2) is 6.61 Å². The summed E-state index contributed by atoms with van der Waals surface area (Å²) in [6.07, 6.45) is 1.61. The van der Waals surface area contributed by atoms with Crippen LogP contribution in [0.25, 0.3) is 10.9 Å². The lowest BCUT2D eigenvalue weighted by molar-refractivity contribution is -0.124. The second-order valence-electron chi connectivity index (χ2n) is 7.93. The van der Waals surface area contributed by atoms with Gasteiger partial charge in [0.1, 0.15) is 12.4 Å². The fraction of sp³-hybridized carbons (Fsp3) is 0.292. The van der Waals surface area contributed by atoms with Crippen LogP contribution in [-0.4, -0.2) is 36.6 Å². The summed E-state index contributed by atoms with van der Waals surface area (Å²) in [5, 5.41) is 3.51. The van der Waals surface area contributed by atoms with Crippen LogP contribution in [0.1, 0.15) is 36.7 Å². The molecule has 156 valence electrons. The third kappa shape index (κ3) is 5.56. The highest BCUT2D eigenvalue weighted by molar-refractivity contribution is 6.03. The van der Waals surface area contributed by atoms with Crippen molar-refractivity contribution in [1.29, 1.82) is 0 Å². The first-order chi connectivity index (χ1) is 14.3. The van der Waals surface area contributed by atoms with Crippen LogP contribution in [0.15, 0.2) is 60.8 Å². The number of nitrogens with zero attached hydrogens (tertiary/aromatic N) is 1. The average molecular weight is 406 g/mol. The molecule has 1 aromatic heterocycles. The molecule has 0 atom stereocenters. The summed E-state index contributed by atoms with van der Waals surface area (Å²) in [5.41, 5.74) is 2.21. The first-order valence-corrected chi connectivity index (χ1v) is 9.85. The van der Waals surface area contributed by atoms with Gasteiger partial charge in [0.05, 0.1) is 17.6 Å². The summed E-state index contributed by atoms with van der Waals surface area (Å²) in [5.74, 6) is -0.222. The minimum absolute atomic E-state index is 0.0893. The van der Waals surface area contributed by atoms with E-state index >= 15 is 0 Å². The SMILES string of the molecule is CC(C)(C)c1ccc(OCCNC(=O)COC(=O)c2cccc3cccnc23)cc1. The Morgan fingerprint density at radius 2 is 1.73 bits per heavy atom. The summed E-state index contributed by atoms with van der Waals surface area (Å²) in [6.45, 7) is 6.74. The molecule has 30 heavy (non-hydrogen) atoms. The van der Waals surface area contributed by atoms with Crippen molar-refractivity contribution < 1.29 is 19.1 Å². The molecule has 0 unspecified atom stereocenters. The topological polar surface area (TPSA) is 77.5 Å². The lowest BCUT2D eigenvalue weighted by Crippen LogP contribution is -2.32. The summed E-state index contributed by atoms with van der Waals surface area (Å²) in [6, 6.07) is 16.8. The van der Waals surface area contributed by atoms with E-state index in [1.54, 1.807) is 24.4 Å². The molecule has 6 heteroatoms. The summed E-state index contributed by atoms with van der Waals surface area (Å²) in [7, 11) is 0. The molecule has 0 spiro atoms. The van der Waals surface area contributed by atoms with Crippen LogP contribution >= 0.6 is 0 Å². The molecule has 0 aliphatic rings. The quantitative estimate of drug-likeness (QED) is 0.476. The van der Waals surface area contributed by atoms with Gasteiger partial charge in [0.2, 0.25) is 0 Å². The fourth-order valence-corrected chi connectivity index (χ4v) is 2.94. The summed E-state index contributed by atoms with van der Waals surface area (Å²) < 4.78 is 10.8. The number of rotatable bonds is 7. The van der Waals surface area contributed by atoms with Crippen molar-refractivity contribution in [3.8, 4) is 5.75 Å². The van der Waals surface area contributed by atoms with E-state index in [0.717, 1.165) is 11.1 Å². The molecule has 6 nitrogen and oxygen atoms in total. The number of amides is 1. The van der Waals surface area contributed by atoms with Gasteiger partial charge in [-0.15, -0.1) is 0 Å². The smallest absolute Gasteiger partial charge is 0.340 e. The molecule has 3 aromatic rings. The van der Waals surface area contributed by atoms with Gasteiger partial charge in [0.25, 0.3) is 5.91 Å². The number of ether oxygens (including phenoxy) is 2. The lowest BCUT2D eigenvalue weighted by Gasteiger charge is -2.19. The molecule has 0 saturated carbocycles. The van der Waals surface area contributed by atoms with Gasteiger partial charge in [-0.2, -0.15) is 0 Å². The van der Waals surface area contributed by atoms with Crippen molar-refractivity contribution in [3.63, 3.8) is 0 Å². The number of fused-ring (bicyclic) bond motifs is 1. The molecule has 0 aliphatic heterocycles. The normalized spacial score (nSPS) is 11.2. The van der Waals surface area contributed by atoms with E-state index < -0.39 is 5.97 Å². The van der Waals surface area contributed by atoms with Crippen molar-refractivity contribution in [1.82, 2.24) is 10.3 Å². The Morgan fingerprint density at radius 3 is 2.47 bits per heavy atom. The number of nitrogens with one attached hydrogen (secondary N) is 1. The van der Waals surface area contributed by atoms with Crippen molar-refractivity contribution >= 4 is 22.8 Å². The van der Waals surface area contributed by atoms with Gasteiger partial charge in [-0.1, -0.05) is 51.1 Å². The molecule has 0 bridgehead atoms. The monoisotopic (exact) mass is 406 g/mol. The number of hydrogen-bond donors (Lipinski definition) is 1. The van der Waals surface area contributed by atoms with Crippen LogP contribution in [0, 0.1) is 0 Å². The summed E-state index contributed by atoms with van der Waals surface area (Å²) in [4.78, 5) is 28.5. The Hall–Kier alpha value is -3.41. The van der Waals surface area contributed by atoms with E-state index in [-0.39, 0.29) is 17.9 Å². The lowest BCUT2D eigenvalue weighted by atomic mass is 9.87. The number of para-hydroxylation sites is 1. The first-order valence-electron chi connectivity index (χ1n) is 9.85. The Kier molecular flexibility index (Phi) is 6.67. The molecule has 3 rings (SSSR count). The third-order valence-corrected chi connectivity index (χ3v) is 4.60. The zero-order chi connectivity index (χ0) is 21.6. The zero-order valence-electron chi connectivity index (χ0n) is 17.5. The maximum Gasteiger partial charge on any atom is 0.340 e. The predicted molar refractivity (Wildman–Crippen MR) is 116 cm³/mol. The van der Waals surface area contributed by atoms with E-state index in [9.17, 15) is 9.59 Å². The average Bonchev–Trinajstić information content (AvgIpc) is 2.74. The van der Waals surface area contributed by atoms with Gasteiger partial charge in [-0.25, -0.2) is 4.79 Å². The molecule has 1 amide bonds. The van der Waals surface area contributed by atoms with Crippen LogP contribution in [0.5, 0.6) is 5.75 Å². The number of benzene rings is 2. The highest BCUT2D eigenvalue weighted by atomic mass is 16.5. The second-order valence-corrected chi connectivity index (χ2v) is 7.93. The molecule has 1 heterocycles. The fourth-order valence-electron chi connectivity index (χ4n) is 2.94. The zero-order valence-corrected chi connectivity index (χ0v) is 17.5. The minimum Gasteiger partial charge on any atom is -0.492 e. The number of aromatic nitrogens is 1. The van der Waals surface area contributed by atoms with Crippen molar-refractivity contribution in [2.24, 2.45) is 0 Å². The highest BCUT2D eigenvalue weighted by Crippen LogP contribution is 2.24. The number of hydrogen-bond acceptors (Lipinski definition) is 5. The van der Waals surface area contributed by atoms with E-state index in [1.807, 2.05) is 36.4 Å². The molecule has 1 N–H and O–H groups in total. The van der Waals surface area contributed by atoms with Crippen LogP contribution in [0.3, 0.4) is 0 Å². The van der Waals surface area contributed by atoms with Gasteiger partial charge < -0.3 is 14.8 Å². The highest BCUT2D eigenvalue weighted by Gasteiger charge is 2.14. The van der Waals surface area contributed by atoms with Crippen LogP contribution in [0.2, 0.25) is 0 Å². The maximum absolute atomic E-state index is 12.3. The molecular weight excluding hydrogens is 380 g/mol. The first kappa shape index (κ1) is 21.3. The number of carbonyl (C=O) groups is 2. The van der Waals surface area contributed by atoms with E-state index in [4.69, 9.17) is 9.47 Å². The third-order valence-electron chi connectivity index (χ3n) is 4.60. The predicted octanol–water partition coefficient (Wildman–Crippen LogP) is 3.88. The van der Waals surface area contributed by atoms with E-state index in [0.29, 0.717) is 24.2 Å². The van der Waals surface area contributed by atoms with Crippen molar-refractivity contribution in [2.75, 3.05) is 19.8 Å². The Bertz CT molecular complexity index is 1020.